The number of nitro groups is 1. The molecule has 0 N–H and O–H groups in total. The van der Waals surface area contributed by atoms with Gasteiger partial charge in [-0.1, -0.05) is 34.8 Å². The van der Waals surface area contributed by atoms with Gasteiger partial charge in [-0.3, -0.25) is 0 Å². The minimum atomic E-state index is -0.616. The summed E-state index contributed by atoms with van der Waals surface area (Å²) >= 11 is 18.1. The molecule has 1 heterocycles. The summed E-state index contributed by atoms with van der Waals surface area (Å²) in [5.74, 6) is -0.0328. The highest BCUT2D eigenvalue weighted by molar-refractivity contribution is 6.46. The van der Waals surface area contributed by atoms with E-state index in [-0.39, 0.29) is 26.6 Å². The highest BCUT2D eigenvalue weighted by Crippen LogP contribution is 2.42. The zero-order chi connectivity index (χ0) is 14.9. The predicted octanol–water partition coefficient (Wildman–Crippen LogP) is 4.63. The van der Waals surface area contributed by atoms with Crippen molar-refractivity contribution in [1.29, 1.82) is 0 Å². The van der Waals surface area contributed by atoms with Crippen LogP contribution in [0.15, 0.2) is 24.3 Å². The number of hydrogen-bond donors (Lipinski definition) is 0. The number of pyridine rings is 1. The molecule has 20 heavy (non-hydrogen) atoms. The monoisotopic (exact) mass is 332 g/mol. The van der Waals surface area contributed by atoms with Gasteiger partial charge in [0.15, 0.2) is 5.75 Å². The van der Waals surface area contributed by atoms with Crippen LogP contribution in [0.5, 0.6) is 5.75 Å². The maximum absolute atomic E-state index is 10.8. The molecule has 0 aliphatic heterocycles. The smallest absolute Gasteiger partial charge is 0.364 e. The molecule has 0 aliphatic carbocycles. The van der Waals surface area contributed by atoms with E-state index in [1.54, 1.807) is 0 Å². The van der Waals surface area contributed by atoms with Crippen molar-refractivity contribution < 1.29 is 9.66 Å². The van der Waals surface area contributed by atoms with Crippen LogP contribution in [0.25, 0.3) is 11.3 Å². The fourth-order valence-corrected chi connectivity index (χ4v) is 2.33. The molecular weight excluding hydrogens is 327 g/mol. The van der Waals surface area contributed by atoms with Crippen LogP contribution >= 0.6 is 34.8 Å². The Hall–Kier alpha value is -1.56. The highest BCUT2D eigenvalue weighted by Gasteiger charge is 2.23. The Labute approximate surface area is 129 Å². The van der Waals surface area contributed by atoms with Gasteiger partial charge in [-0.25, -0.2) is 0 Å². The van der Waals surface area contributed by atoms with Crippen molar-refractivity contribution in [3.8, 4) is 17.0 Å². The molecule has 5 nitrogen and oxygen atoms in total. The van der Waals surface area contributed by atoms with Crippen LogP contribution in [0, 0.1) is 10.1 Å². The first-order valence-electron chi connectivity index (χ1n) is 5.29. The molecule has 0 atom stereocenters. The van der Waals surface area contributed by atoms with Crippen LogP contribution in [0.2, 0.25) is 15.1 Å². The van der Waals surface area contributed by atoms with Gasteiger partial charge < -0.3 is 14.9 Å². The lowest BCUT2D eigenvalue weighted by Crippen LogP contribution is -1.98. The van der Waals surface area contributed by atoms with E-state index in [2.05, 4.69) is 4.98 Å². The Morgan fingerprint density at radius 2 is 1.80 bits per heavy atom. The number of rotatable bonds is 3. The molecule has 0 saturated heterocycles. The molecule has 0 bridgehead atoms. The van der Waals surface area contributed by atoms with E-state index < -0.39 is 4.92 Å². The van der Waals surface area contributed by atoms with Crippen LogP contribution < -0.4 is 4.74 Å². The van der Waals surface area contributed by atoms with Crippen molar-refractivity contribution >= 4 is 40.6 Å². The summed E-state index contributed by atoms with van der Waals surface area (Å²) in [5, 5.41) is 11.5. The first-order chi connectivity index (χ1) is 9.45. The number of hydrogen-bond acceptors (Lipinski definition) is 4. The second-order valence-corrected chi connectivity index (χ2v) is 4.89. The minimum Gasteiger partial charge on any atom is -0.492 e. The van der Waals surface area contributed by atoms with Crippen LogP contribution in [0.1, 0.15) is 0 Å². The van der Waals surface area contributed by atoms with Crippen molar-refractivity contribution in [2.75, 3.05) is 7.11 Å². The molecule has 0 fully saturated rings. The van der Waals surface area contributed by atoms with Crippen molar-refractivity contribution in [2.24, 2.45) is 0 Å². The molecule has 0 spiro atoms. The molecular formula is C12H7Cl3N2O3. The molecule has 1 aromatic heterocycles. The fraction of sp³-hybridized carbons (Fsp3) is 0.0833. The Morgan fingerprint density at radius 1 is 1.15 bits per heavy atom. The quantitative estimate of drug-likeness (QED) is 0.467. The third-order valence-electron chi connectivity index (χ3n) is 2.53. The lowest BCUT2D eigenvalue weighted by atomic mass is 10.1. The number of aromatic nitrogens is 1. The summed E-state index contributed by atoms with van der Waals surface area (Å²) in [7, 11) is 1.42. The average Bonchev–Trinajstić information content (AvgIpc) is 2.43. The number of halogens is 3. The van der Waals surface area contributed by atoms with Crippen molar-refractivity contribution in [3.05, 3.63) is 49.4 Å². The van der Waals surface area contributed by atoms with Crippen molar-refractivity contribution in [1.82, 2.24) is 4.98 Å². The van der Waals surface area contributed by atoms with E-state index in [4.69, 9.17) is 39.5 Å². The van der Waals surface area contributed by atoms with E-state index in [1.165, 1.54) is 31.4 Å². The number of nitrogens with zero attached hydrogens (tertiary/aromatic N) is 2. The van der Waals surface area contributed by atoms with Gasteiger partial charge in [0, 0.05) is 6.07 Å². The predicted molar refractivity (Wildman–Crippen MR) is 77.9 cm³/mol. The molecule has 0 aliphatic rings. The summed E-state index contributed by atoms with van der Waals surface area (Å²) < 4.78 is 5.14. The van der Waals surface area contributed by atoms with E-state index in [0.717, 1.165) is 0 Å². The Balaban J connectivity index is 2.77. The topological polar surface area (TPSA) is 65.3 Å². The van der Waals surface area contributed by atoms with Crippen LogP contribution in [0.4, 0.5) is 5.82 Å². The Bertz CT molecular complexity index is 692. The summed E-state index contributed by atoms with van der Waals surface area (Å²) in [6.07, 6.45) is 0. The molecule has 0 radical (unpaired) electrons. The van der Waals surface area contributed by atoms with Gasteiger partial charge in [0.05, 0.1) is 27.7 Å². The standard InChI is InChI=1S/C12H7Cl3N2O3/c1-20-8-4-5-9(17(18)19)16-12(8)10-6(13)2-3-7(14)11(10)15/h2-5H,1H3. The Kier molecular flexibility index (Phi) is 4.32. The van der Waals surface area contributed by atoms with Gasteiger partial charge in [0.2, 0.25) is 5.69 Å². The summed E-state index contributed by atoms with van der Waals surface area (Å²) in [6, 6.07) is 5.72. The zero-order valence-corrected chi connectivity index (χ0v) is 12.3. The third kappa shape index (κ3) is 2.65. The SMILES string of the molecule is COc1ccc([N+](=O)[O-])nc1-c1c(Cl)ccc(Cl)c1Cl. The van der Waals surface area contributed by atoms with Crippen molar-refractivity contribution in [3.63, 3.8) is 0 Å². The van der Waals surface area contributed by atoms with E-state index in [0.29, 0.717) is 11.3 Å². The lowest BCUT2D eigenvalue weighted by Gasteiger charge is -2.08. The maximum atomic E-state index is 10.8. The van der Waals surface area contributed by atoms with E-state index >= 15 is 0 Å². The minimum absolute atomic E-state index is 0.158. The number of methoxy groups -OCH3 is 1. The second kappa shape index (κ2) is 5.83. The maximum Gasteiger partial charge on any atom is 0.364 e. The van der Waals surface area contributed by atoms with Crippen LogP contribution in [0.3, 0.4) is 0 Å². The number of ether oxygens (including phenoxy) is 1. The van der Waals surface area contributed by atoms with Crippen LogP contribution in [-0.4, -0.2) is 17.0 Å². The molecule has 2 rings (SSSR count). The van der Waals surface area contributed by atoms with Gasteiger partial charge >= 0.3 is 5.82 Å². The molecule has 104 valence electrons. The third-order valence-corrected chi connectivity index (χ3v) is 3.65. The average molecular weight is 334 g/mol. The van der Waals surface area contributed by atoms with E-state index in [1.807, 2.05) is 0 Å². The van der Waals surface area contributed by atoms with Gasteiger partial charge in [-0.05, 0) is 28.1 Å². The fourth-order valence-electron chi connectivity index (χ4n) is 1.63. The van der Waals surface area contributed by atoms with Gasteiger partial charge in [0.25, 0.3) is 0 Å². The first-order valence-corrected chi connectivity index (χ1v) is 6.42. The molecule has 0 saturated carbocycles. The molecule has 8 heteroatoms. The van der Waals surface area contributed by atoms with Crippen LogP contribution in [-0.2, 0) is 0 Å². The lowest BCUT2D eigenvalue weighted by molar-refractivity contribution is -0.389. The highest BCUT2D eigenvalue weighted by atomic mass is 35.5. The molecule has 0 unspecified atom stereocenters. The first kappa shape index (κ1) is 14.8. The summed E-state index contributed by atoms with van der Waals surface area (Å²) in [5.41, 5.74) is 0.459. The van der Waals surface area contributed by atoms with Gasteiger partial charge in [-0.15, -0.1) is 0 Å². The van der Waals surface area contributed by atoms with E-state index in [9.17, 15) is 10.1 Å². The Morgan fingerprint density at radius 3 is 2.40 bits per heavy atom. The van der Waals surface area contributed by atoms with Crippen molar-refractivity contribution in [2.45, 2.75) is 0 Å². The summed E-state index contributed by atoms with van der Waals surface area (Å²) in [4.78, 5) is 14.1. The molecule has 1 aromatic carbocycles. The zero-order valence-electron chi connectivity index (χ0n) is 10.1. The largest absolute Gasteiger partial charge is 0.492 e. The number of benzene rings is 1. The molecule has 2 aromatic rings. The molecule has 0 amide bonds. The normalized spacial score (nSPS) is 10.4. The summed E-state index contributed by atoms with van der Waals surface area (Å²) in [6.45, 7) is 0. The second-order valence-electron chi connectivity index (χ2n) is 3.70. The van der Waals surface area contributed by atoms with Gasteiger partial charge in [0.1, 0.15) is 0 Å². The van der Waals surface area contributed by atoms with Gasteiger partial charge in [-0.2, -0.15) is 0 Å².